The first-order valence-electron chi connectivity index (χ1n) is 11.6. The molecule has 0 bridgehead atoms. The minimum Gasteiger partial charge on any atom is -0.497 e. The van der Waals surface area contributed by atoms with Gasteiger partial charge in [0.05, 0.1) is 13.1 Å². The molecule has 7 nitrogen and oxygen atoms in total. The first-order chi connectivity index (χ1) is 16.9. The largest absolute Gasteiger partial charge is 0.497 e. The SMILES string of the molecule is COc1cccc(CCNC(=O)C(C)C(=O)N[C@@H](Cc2ccc(-c3ccccc3)cc2)B(O)O)c1. The molecule has 0 spiro atoms. The maximum atomic E-state index is 12.6. The molecule has 2 atom stereocenters. The van der Waals surface area contributed by atoms with Crippen molar-refractivity contribution in [1.29, 1.82) is 0 Å². The molecule has 0 saturated heterocycles. The number of carbonyl (C=O) groups is 2. The minimum absolute atomic E-state index is 0.211. The molecule has 3 aromatic rings. The Kier molecular flexibility index (Phi) is 9.46. The molecule has 8 heteroatoms. The Labute approximate surface area is 206 Å². The normalized spacial score (nSPS) is 12.3. The second-order valence-corrected chi connectivity index (χ2v) is 8.41. The van der Waals surface area contributed by atoms with Gasteiger partial charge in [-0.2, -0.15) is 0 Å². The summed E-state index contributed by atoms with van der Waals surface area (Å²) in [5.74, 6) is -2.18. The molecule has 182 valence electrons. The summed E-state index contributed by atoms with van der Waals surface area (Å²) in [4.78, 5) is 25.1. The lowest BCUT2D eigenvalue weighted by atomic mass is 9.75. The van der Waals surface area contributed by atoms with Gasteiger partial charge in [0, 0.05) is 6.54 Å². The van der Waals surface area contributed by atoms with Crippen LogP contribution in [0, 0.1) is 5.92 Å². The molecule has 0 radical (unpaired) electrons. The Morgan fingerprint density at radius 3 is 2.23 bits per heavy atom. The zero-order valence-corrected chi connectivity index (χ0v) is 20.0. The number of ether oxygens (including phenoxy) is 1. The summed E-state index contributed by atoms with van der Waals surface area (Å²) < 4.78 is 5.20. The number of rotatable bonds is 11. The predicted molar refractivity (Wildman–Crippen MR) is 137 cm³/mol. The monoisotopic (exact) mass is 474 g/mol. The summed E-state index contributed by atoms with van der Waals surface area (Å²) in [6.45, 7) is 1.86. The van der Waals surface area contributed by atoms with Crippen LogP contribution in [0.1, 0.15) is 18.1 Å². The van der Waals surface area contributed by atoms with E-state index in [0.717, 1.165) is 28.0 Å². The van der Waals surface area contributed by atoms with E-state index in [4.69, 9.17) is 4.74 Å². The molecule has 0 aromatic heterocycles. The second kappa shape index (κ2) is 12.7. The van der Waals surface area contributed by atoms with Gasteiger partial charge < -0.3 is 25.4 Å². The van der Waals surface area contributed by atoms with E-state index < -0.39 is 30.8 Å². The van der Waals surface area contributed by atoms with Gasteiger partial charge in [-0.25, -0.2) is 0 Å². The van der Waals surface area contributed by atoms with Crippen LogP contribution in [0.15, 0.2) is 78.9 Å². The fourth-order valence-electron chi connectivity index (χ4n) is 3.69. The van der Waals surface area contributed by atoms with Crippen LogP contribution in [0.25, 0.3) is 11.1 Å². The van der Waals surface area contributed by atoms with Crippen LogP contribution < -0.4 is 15.4 Å². The Hall–Kier alpha value is -3.62. The molecule has 0 heterocycles. The summed E-state index contributed by atoms with van der Waals surface area (Å²) >= 11 is 0. The van der Waals surface area contributed by atoms with Crippen LogP contribution in [0.3, 0.4) is 0 Å². The third-order valence-corrected chi connectivity index (χ3v) is 5.84. The third kappa shape index (κ3) is 7.70. The van der Waals surface area contributed by atoms with Crippen molar-refractivity contribution in [3.05, 3.63) is 90.0 Å². The van der Waals surface area contributed by atoms with Gasteiger partial charge in [-0.15, -0.1) is 0 Å². The number of nitrogens with one attached hydrogen (secondary N) is 2. The Bertz CT molecular complexity index is 1110. The molecule has 2 amide bonds. The van der Waals surface area contributed by atoms with Gasteiger partial charge in [-0.05, 0) is 54.2 Å². The molecule has 0 aliphatic heterocycles. The fourth-order valence-corrected chi connectivity index (χ4v) is 3.69. The van der Waals surface area contributed by atoms with Crippen molar-refractivity contribution in [2.45, 2.75) is 25.7 Å². The van der Waals surface area contributed by atoms with E-state index in [0.29, 0.717) is 13.0 Å². The van der Waals surface area contributed by atoms with Gasteiger partial charge in [0.15, 0.2) is 0 Å². The van der Waals surface area contributed by atoms with Crippen molar-refractivity contribution in [1.82, 2.24) is 10.6 Å². The number of amides is 2. The van der Waals surface area contributed by atoms with Gasteiger partial charge >= 0.3 is 7.12 Å². The number of carbonyl (C=O) groups excluding carboxylic acids is 2. The van der Waals surface area contributed by atoms with Crippen LogP contribution in [-0.4, -0.2) is 48.6 Å². The van der Waals surface area contributed by atoms with E-state index >= 15 is 0 Å². The lowest BCUT2D eigenvalue weighted by molar-refractivity contribution is -0.134. The molecule has 3 aromatic carbocycles. The highest BCUT2D eigenvalue weighted by Gasteiger charge is 2.29. The molecular formula is C27H31BN2O5. The lowest BCUT2D eigenvalue weighted by Gasteiger charge is -2.20. The molecule has 0 saturated carbocycles. The van der Waals surface area contributed by atoms with Gasteiger partial charge in [0.25, 0.3) is 0 Å². The topological polar surface area (TPSA) is 108 Å². The van der Waals surface area contributed by atoms with E-state index in [2.05, 4.69) is 10.6 Å². The summed E-state index contributed by atoms with van der Waals surface area (Å²) in [6, 6.07) is 25.1. The minimum atomic E-state index is -1.77. The molecule has 4 N–H and O–H groups in total. The average molecular weight is 474 g/mol. The molecule has 0 aliphatic rings. The van der Waals surface area contributed by atoms with Crippen molar-refractivity contribution in [2.24, 2.45) is 5.92 Å². The molecule has 3 rings (SSSR count). The van der Waals surface area contributed by atoms with E-state index in [9.17, 15) is 19.6 Å². The van der Waals surface area contributed by atoms with Gasteiger partial charge in [-0.1, -0.05) is 66.7 Å². The molecular weight excluding hydrogens is 443 g/mol. The number of benzene rings is 3. The first-order valence-corrected chi connectivity index (χ1v) is 11.6. The van der Waals surface area contributed by atoms with E-state index in [1.807, 2.05) is 78.9 Å². The number of hydrogen-bond acceptors (Lipinski definition) is 5. The summed E-state index contributed by atoms with van der Waals surface area (Å²) in [6.07, 6.45) is 0.802. The van der Waals surface area contributed by atoms with Crippen LogP contribution in [0.2, 0.25) is 0 Å². The summed E-state index contributed by atoms with van der Waals surface area (Å²) in [5, 5.41) is 25.0. The van der Waals surface area contributed by atoms with Crippen molar-refractivity contribution in [3.8, 4) is 16.9 Å². The number of hydrogen-bond donors (Lipinski definition) is 4. The van der Waals surface area contributed by atoms with Crippen LogP contribution >= 0.6 is 0 Å². The summed E-state index contributed by atoms with van der Waals surface area (Å²) in [7, 11) is -0.173. The van der Waals surface area contributed by atoms with Gasteiger partial charge in [-0.3, -0.25) is 9.59 Å². The highest BCUT2D eigenvalue weighted by Crippen LogP contribution is 2.20. The maximum Gasteiger partial charge on any atom is 0.475 e. The van der Waals surface area contributed by atoms with Gasteiger partial charge in [0.1, 0.15) is 11.7 Å². The van der Waals surface area contributed by atoms with Crippen molar-refractivity contribution < 1.29 is 24.4 Å². The van der Waals surface area contributed by atoms with Crippen molar-refractivity contribution in [2.75, 3.05) is 13.7 Å². The quantitative estimate of drug-likeness (QED) is 0.252. The lowest BCUT2D eigenvalue weighted by Crippen LogP contribution is -2.51. The Morgan fingerprint density at radius 1 is 0.886 bits per heavy atom. The highest BCUT2D eigenvalue weighted by molar-refractivity contribution is 6.43. The Morgan fingerprint density at radius 2 is 1.57 bits per heavy atom. The number of methoxy groups -OCH3 is 1. The average Bonchev–Trinajstić information content (AvgIpc) is 2.88. The van der Waals surface area contributed by atoms with E-state index in [1.54, 1.807) is 7.11 Å². The molecule has 35 heavy (non-hydrogen) atoms. The van der Waals surface area contributed by atoms with Crippen molar-refractivity contribution in [3.63, 3.8) is 0 Å². The van der Waals surface area contributed by atoms with Crippen LogP contribution in [-0.2, 0) is 22.4 Å². The maximum absolute atomic E-state index is 12.6. The van der Waals surface area contributed by atoms with Crippen molar-refractivity contribution >= 4 is 18.9 Å². The summed E-state index contributed by atoms with van der Waals surface area (Å²) in [5.41, 5.74) is 3.96. The second-order valence-electron chi connectivity index (χ2n) is 8.41. The van der Waals surface area contributed by atoms with Crippen LogP contribution in [0.5, 0.6) is 5.75 Å². The predicted octanol–water partition coefficient (Wildman–Crippen LogP) is 2.40. The highest BCUT2D eigenvalue weighted by atomic mass is 16.5. The molecule has 0 fully saturated rings. The van der Waals surface area contributed by atoms with E-state index in [-0.39, 0.29) is 6.42 Å². The standard InChI is InChI=1S/C27H31BN2O5/c1-19(26(31)29-16-15-20-7-6-10-24(17-20)35-2)27(32)30-25(28(33)34)18-21-11-13-23(14-12-21)22-8-4-3-5-9-22/h3-14,17,19,25,33-34H,15-16,18H2,1-2H3,(H,29,31)(H,30,32)/t19?,25-/m0/s1. The van der Waals surface area contributed by atoms with Gasteiger partial charge in [0.2, 0.25) is 11.8 Å². The fraction of sp³-hybridized carbons (Fsp3) is 0.259. The smallest absolute Gasteiger partial charge is 0.475 e. The third-order valence-electron chi connectivity index (χ3n) is 5.84. The van der Waals surface area contributed by atoms with Crippen LogP contribution in [0.4, 0.5) is 0 Å². The zero-order chi connectivity index (χ0) is 25.2. The Balaban J connectivity index is 1.52. The molecule has 1 unspecified atom stereocenters. The zero-order valence-electron chi connectivity index (χ0n) is 20.0. The molecule has 0 aliphatic carbocycles. The first kappa shape index (κ1) is 26.0. The van der Waals surface area contributed by atoms with E-state index in [1.165, 1.54) is 6.92 Å².